The van der Waals surface area contributed by atoms with Crippen LogP contribution in [0.2, 0.25) is 0 Å². The smallest absolute Gasteiger partial charge is 0.207 e. The Morgan fingerprint density at radius 2 is 1.63 bits per heavy atom. The second-order valence-corrected chi connectivity index (χ2v) is 12.1. The average molecular weight is 426 g/mol. The summed E-state index contributed by atoms with van der Waals surface area (Å²) in [5, 5.41) is 0. The molecule has 1 heterocycles. The van der Waals surface area contributed by atoms with Gasteiger partial charge in [0.25, 0.3) is 0 Å². The minimum Gasteiger partial charge on any atom is -0.207 e. The summed E-state index contributed by atoms with van der Waals surface area (Å²) in [7, 11) is -3.57. The summed E-state index contributed by atoms with van der Waals surface area (Å²) in [4.78, 5) is 0.383. The molecule has 0 spiro atoms. The Kier molecular flexibility index (Phi) is 6.59. The molecule has 0 aliphatic carbocycles. The summed E-state index contributed by atoms with van der Waals surface area (Å²) in [5.74, 6) is 0. The van der Waals surface area contributed by atoms with E-state index in [1.54, 1.807) is 16.4 Å². The van der Waals surface area contributed by atoms with Gasteiger partial charge in [0.2, 0.25) is 10.0 Å². The van der Waals surface area contributed by atoms with Gasteiger partial charge in [-0.05, 0) is 53.4 Å². The van der Waals surface area contributed by atoms with Crippen molar-refractivity contribution in [1.82, 2.24) is 4.31 Å². The van der Waals surface area contributed by atoms with Crippen LogP contribution in [0.25, 0.3) is 6.08 Å². The van der Waals surface area contributed by atoms with Gasteiger partial charge in [0.05, 0.1) is 4.90 Å². The highest BCUT2D eigenvalue weighted by molar-refractivity contribution is 7.89. The number of hydrogen-bond acceptors (Lipinski definition) is 2. The van der Waals surface area contributed by atoms with Gasteiger partial charge in [-0.25, -0.2) is 8.42 Å². The van der Waals surface area contributed by atoms with E-state index in [4.69, 9.17) is 0 Å². The van der Waals surface area contributed by atoms with Gasteiger partial charge in [-0.15, -0.1) is 0 Å². The van der Waals surface area contributed by atoms with Crippen LogP contribution in [-0.2, 0) is 15.4 Å². The quantitative estimate of drug-likeness (QED) is 0.579. The Morgan fingerprint density at radius 1 is 1.00 bits per heavy atom. The second-order valence-electron chi connectivity index (χ2n) is 10.2. The predicted molar refractivity (Wildman–Crippen MR) is 126 cm³/mol. The molecule has 1 aliphatic rings. The van der Waals surface area contributed by atoms with Crippen molar-refractivity contribution in [1.29, 1.82) is 0 Å². The first-order chi connectivity index (χ1) is 14.0. The average Bonchev–Trinajstić information content (AvgIpc) is 2.84. The molecule has 4 heteroatoms. The zero-order chi connectivity index (χ0) is 22.0. The highest BCUT2D eigenvalue weighted by Crippen LogP contribution is 2.36. The molecule has 0 radical (unpaired) electrons. The number of sulfonamides is 1. The monoisotopic (exact) mass is 425 g/mol. The first kappa shape index (κ1) is 22.8. The van der Waals surface area contributed by atoms with Crippen molar-refractivity contribution in [3.63, 3.8) is 0 Å². The van der Waals surface area contributed by atoms with Crippen molar-refractivity contribution in [2.45, 2.75) is 70.2 Å². The van der Waals surface area contributed by atoms with E-state index in [9.17, 15) is 8.42 Å². The van der Waals surface area contributed by atoms with Crippen LogP contribution in [0.5, 0.6) is 0 Å². The number of nitrogens with zero attached hydrogens (tertiary/aromatic N) is 1. The van der Waals surface area contributed by atoms with Gasteiger partial charge in [0.15, 0.2) is 0 Å². The first-order valence-electron chi connectivity index (χ1n) is 10.8. The third-order valence-corrected chi connectivity index (χ3v) is 7.94. The van der Waals surface area contributed by atoms with Crippen molar-refractivity contribution in [3.8, 4) is 0 Å². The summed E-state index contributed by atoms with van der Waals surface area (Å²) in [6.45, 7) is 11.4. The standard InChI is InChI=1S/C26H35NO2S/c1-25(2,3)22-13-16-24(17-14-22)30(28,29)27-19-9-18-26(4,5)20-23(27)15-12-21-10-7-6-8-11-21/h6-8,10-17,23H,9,18-20H2,1-5H3/b15-12+. The SMILES string of the molecule is CC1(C)CCCN(S(=O)(=O)c2ccc(C(C)(C)C)cc2)C(/C=C/c2ccccc2)C1. The Hall–Kier alpha value is -1.91. The van der Waals surface area contributed by atoms with Gasteiger partial charge in [-0.1, -0.05) is 89.2 Å². The fraction of sp³-hybridized carbons (Fsp3) is 0.462. The first-order valence-corrected chi connectivity index (χ1v) is 12.3. The number of benzene rings is 2. The van der Waals surface area contributed by atoms with E-state index in [1.807, 2.05) is 42.5 Å². The number of hydrogen-bond donors (Lipinski definition) is 0. The van der Waals surface area contributed by atoms with Crippen molar-refractivity contribution < 1.29 is 8.42 Å². The van der Waals surface area contributed by atoms with Crippen molar-refractivity contribution in [2.24, 2.45) is 5.41 Å². The van der Waals surface area contributed by atoms with Gasteiger partial charge in [0, 0.05) is 12.6 Å². The van der Waals surface area contributed by atoms with Gasteiger partial charge in [-0.2, -0.15) is 4.31 Å². The molecule has 0 N–H and O–H groups in total. The summed E-state index contributed by atoms with van der Waals surface area (Å²) in [6, 6.07) is 17.4. The minimum atomic E-state index is -3.57. The molecule has 1 atom stereocenters. The molecule has 1 fully saturated rings. The summed E-state index contributed by atoms with van der Waals surface area (Å²) < 4.78 is 29.0. The fourth-order valence-corrected chi connectivity index (χ4v) is 5.78. The molecule has 0 bridgehead atoms. The van der Waals surface area contributed by atoms with Crippen molar-refractivity contribution in [3.05, 3.63) is 71.8 Å². The molecule has 162 valence electrons. The highest BCUT2D eigenvalue weighted by Gasteiger charge is 2.36. The fourth-order valence-electron chi connectivity index (χ4n) is 4.16. The van der Waals surface area contributed by atoms with Crippen LogP contribution in [-0.4, -0.2) is 25.3 Å². The molecule has 2 aromatic carbocycles. The van der Waals surface area contributed by atoms with E-state index in [1.165, 1.54) is 0 Å². The van der Waals surface area contributed by atoms with Gasteiger partial charge in [-0.3, -0.25) is 0 Å². The second kappa shape index (κ2) is 8.68. The van der Waals surface area contributed by atoms with Crippen LogP contribution >= 0.6 is 0 Å². The molecule has 1 aliphatic heterocycles. The van der Waals surface area contributed by atoms with E-state index in [-0.39, 0.29) is 16.9 Å². The molecular formula is C26H35NO2S. The molecule has 0 aromatic heterocycles. The van der Waals surface area contributed by atoms with Crippen LogP contribution < -0.4 is 0 Å². The van der Waals surface area contributed by atoms with Crippen molar-refractivity contribution >= 4 is 16.1 Å². The minimum absolute atomic E-state index is 0.00409. The van der Waals surface area contributed by atoms with Crippen LogP contribution in [0.15, 0.2) is 65.6 Å². The van der Waals surface area contributed by atoms with Crippen LogP contribution in [0.1, 0.15) is 65.0 Å². The summed E-state index contributed by atoms with van der Waals surface area (Å²) in [5.41, 5.74) is 2.33. The molecule has 2 aromatic rings. The van der Waals surface area contributed by atoms with Crippen LogP contribution in [0.3, 0.4) is 0 Å². The van der Waals surface area contributed by atoms with E-state index in [2.05, 4.69) is 46.8 Å². The topological polar surface area (TPSA) is 37.4 Å². The molecule has 30 heavy (non-hydrogen) atoms. The van der Waals surface area contributed by atoms with Gasteiger partial charge in [0.1, 0.15) is 0 Å². The molecule has 1 saturated heterocycles. The van der Waals surface area contributed by atoms with E-state index >= 15 is 0 Å². The number of rotatable bonds is 4. The maximum atomic E-state index is 13.6. The van der Waals surface area contributed by atoms with E-state index in [0.29, 0.717) is 11.4 Å². The third kappa shape index (κ3) is 5.41. The van der Waals surface area contributed by atoms with E-state index in [0.717, 1.165) is 30.4 Å². The zero-order valence-electron chi connectivity index (χ0n) is 18.9. The van der Waals surface area contributed by atoms with E-state index < -0.39 is 10.0 Å². The Labute approximate surface area is 182 Å². The Balaban J connectivity index is 1.95. The van der Waals surface area contributed by atoms with Crippen molar-refractivity contribution in [2.75, 3.05) is 6.54 Å². The highest BCUT2D eigenvalue weighted by atomic mass is 32.2. The lowest BCUT2D eigenvalue weighted by molar-refractivity contribution is 0.282. The molecule has 0 saturated carbocycles. The lowest BCUT2D eigenvalue weighted by Gasteiger charge is -2.30. The molecule has 0 amide bonds. The van der Waals surface area contributed by atoms with Crippen LogP contribution in [0.4, 0.5) is 0 Å². The summed E-state index contributed by atoms with van der Waals surface area (Å²) in [6.07, 6.45) is 6.84. The Bertz CT molecular complexity index is 968. The lowest BCUT2D eigenvalue weighted by Crippen LogP contribution is -2.40. The van der Waals surface area contributed by atoms with Crippen LogP contribution in [0, 0.1) is 5.41 Å². The van der Waals surface area contributed by atoms with Gasteiger partial charge >= 0.3 is 0 Å². The molecular weight excluding hydrogens is 390 g/mol. The molecule has 3 rings (SSSR count). The molecule has 1 unspecified atom stereocenters. The summed E-state index contributed by atoms with van der Waals surface area (Å²) >= 11 is 0. The maximum absolute atomic E-state index is 13.6. The lowest BCUT2D eigenvalue weighted by atomic mass is 9.83. The zero-order valence-corrected chi connectivity index (χ0v) is 19.7. The predicted octanol–water partition coefficient (Wildman–Crippen LogP) is 6.27. The Morgan fingerprint density at radius 3 is 2.23 bits per heavy atom. The normalized spacial score (nSPS) is 20.9. The third-order valence-electron chi connectivity index (χ3n) is 6.00. The maximum Gasteiger partial charge on any atom is 0.243 e. The van der Waals surface area contributed by atoms with Gasteiger partial charge < -0.3 is 0 Å². The molecule has 3 nitrogen and oxygen atoms in total. The largest absolute Gasteiger partial charge is 0.243 e.